The second kappa shape index (κ2) is 7.29. The van der Waals surface area contributed by atoms with Gasteiger partial charge in [-0.05, 0) is 12.5 Å². The fourth-order valence-corrected chi connectivity index (χ4v) is 3.37. The van der Waals surface area contributed by atoms with E-state index in [-0.39, 0.29) is 24.7 Å². The lowest BCUT2D eigenvalue weighted by Crippen LogP contribution is -2.37. The quantitative estimate of drug-likeness (QED) is 0.638. The van der Waals surface area contributed by atoms with Crippen LogP contribution in [0.3, 0.4) is 0 Å². The summed E-state index contributed by atoms with van der Waals surface area (Å²) >= 11 is 0. The Morgan fingerprint density at radius 3 is 2.89 bits per heavy atom. The lowest BCUT2D eigenvalue weighted by atomic mass is 10.1. The molecule has 4 amide bonds. The van der Waals surface area contributed by atoms with Gasteiger partial charge in [0.2, 0.25) is 11.8 Å². The maximum absolute atomic E-state index is 12.5. The second-order valence-corrected chi connectivity index (χ2v) is 6.72. The first-order chi connectivity index (χ1) is 13.5. The third-order valence-electron chi connectivity index (χ3n) is 4.91. The summed E-state index contributed by atoms with van der Waals surface area (Å²) in [5, 5.41) is 4.67. The van der Waals surface area contributed by atoms with Crippen LogP contribution in [0.25, 0.3) is 11.4 Å². The highest BCUT2D eigenvalue weighted by Crippen LogP contribution is 2.24. The molecule has 1 fully saturated rings. The monoisotopic (exact) mass is 384 g/mol. The van der Waals surface area contributed by atoms with E-state index in [0.29, 0.717) is 31.2 Å². The maximum atomic E-state index is 12.5. The molecule has 10 nitrogen and oxygen atoms in total. The Bertz CT molecular complexity index is 923. The van der Waals surface area contributed by atoms with Crippen LogP contribution in [-0.4, -0.2) is 57.4 Å². The Morgan fingerprint density at radius 2 is 2.21 bits per heavy atom. The molecule has 0 aromatic carbocycles. The molecule has 4 rings (SSSR count). The first-order valence-corrected chi connectivity index (χ1v) is 9.01. The number of nitrogens with one attached hydrogen (secondary N) is 3. The smallest absolute Gasteiger partial charge is 0.322 e. The van der Waals surface area contributed by atoms with Crippen molar-refractivity contribution in [2.75, 3.05) is 13.7 Å². The molecule has 1 atom stereocenters. The van der Waals surface area contributed by atoms with Gasteiger partial charge in [-0.1, -0.05) is 0 Å². The van der Waals surface area contributed by atoms with E-state index in [0.717, 1.165) is 17.0 Å². The molecule has 3 N–H and O–H groups in total. The van der Waals surface area contributed by atoms with Crippen molar-refractivity contribution in [2.24, 2.45) is 0 Å². The Balaban J connectivity index is 1.39. The molecule has 10 heteroatoms. The van der Waals surface area contributed by atoms with Crippen LogP contribution in [0.4, 0.5) is 4.79 Å². The van der Waals surface area contributed by atoms with Gasteiger partial charge in [0.1, 0.15) is 11.9 Å². The molecule has 0 radical (unpaired) electrons. The van der Waals surface area contributed by atoms with Crippen LogP contribution in [0, 0.1) is 0 Å². The van der Waals surface area contributed by atoms with Crippen LogP contribution in [0.2, 0.25) is 0 Å². The van der Waals surface area contributed by atoms with E-state index < -0.39 is 12.1 Å². The Morgan fingerprint density at radius 1 is 1.36 bits per heavy atom. The molecule has 4 heterocycles. The number of fused-ring (bicyclic) bond motifs is 1. The predicted octanol–water partition coefficient (Wildman–Crippen LogP) is 0.353. The van der Waals surface area contributed by atoms with Gasteiger partial charge in [0.15, 0.2) is 0 Å². The average molecular weight is 384 g/mol. The SMILES string of the molecule is COc1ccc(-c2nc3c([nH]2)CN(C(=O)CC[C@@H]2NC(=O)NC2=O)CC3)cn1. The number of hydrogen-bond acceptors (Lipinski definition) is 6. The number of imidazole rings is 1. The minimum absolute atomic E-state index is 0.0538. The number of pyridine rings is 1. The number of imide groups is 1. The van der Waals surface area contributed by atoms with E-state index in [4.69, 9.17) is 4.74 Å². The zero-order chi connectivity index (χ0) is 19.7. The Kier molecular flexibility index (Phi) is 4.68. The summed E-state index contributed by atoms with van der Waals surface area (Å²) in [7, 11) is 1.56. The number of nitrogens with zero attached hydrogens (tertiary/aromatic N) is 3. The van der Waals surface area contributed by atoms with Gasteiger partial charge in [-0.25, -0.2) is 14.8 Å². The van der Waals surface area contributed by atoms with Gasteiger partial charge in [-0.15, -0.1) is 0 Å². The third-order valence-corrected chi connectivity index (χ3v) is 4.91. The molecule has 146 valence electrons. The molecule has 28 heavy (non-hydrogen) atoms. The van der Waals surface area contributed by atoms with Crippen LogP contribution in [0.5, 0.6) is 5.88 Å². The fourth-order valence-electron chi connectivity index (χ4n) is 3.37. The number of rotatable bonds is 5. The number of aromatic amines is 1. The van der Waals surface area contributed by atoms with Crippen molar-refractivity contribution >= 4 is 17.8 Å². The lowest BCUT2D eigenvalue weighted by molar-refractivity contribution is -0.132. The number of carbonyl (C=O) groups excluding carboxylic acids is 3. The summed E-state index contributed by atoms with van der Waals surface area (Å²) in [4.78, 5) is 49.1. The van der Waals surface area contributed by atoms with E-state index in [1.165, 1.54) is 0 Å². The topological polar surface area (TPSA) is 129 Å². The molecule has 0 saturated carbocycles. The first-order valence-electron chi connectivity index (χ1n) is 9.01. The average Bonchev–Trinajstić information content (AvgIpc) is 3.27. The zero-order valence-electron chi connectivity index (χ0n) is 15.3. The van der Waals surface area contributed by atoms with E-state index in [1.807, 2.05) is 6.07 Å². The van der Waals surface area contributed by atoms with Gasteiger partial charge >= 0.3 is 6.03 Å². The summed E-state index contributed by atoms with van der Waals surface area (Å²) in [5.74, 6) is 0.802. The zero-order valence-corrected chi connectivity index (χ0v) is 15.3. The largest absolute Gasteiger partial charge is 0.481 e. The second-order valence-electron chi connectivity index (χ2n) is 6.72. The molecule has 0 unspecified atom stereocenters. The summed E-state index contributed by atoms with van der Waals surface area (Å²) in [6.45, 7) is 1.01. The molecule has 0 spiro atoms. The van der Waals surface area contributed by atoms with Crippen molar-refractivity contribution in [1.82, 2.24) is 30.5 Å². The van der Waals surface area contributed by atoms with Crippen molar-refractivity contribution in [3.05, 3.63) is 29.7 Å². The molecule has 2 aliphatic rings. The number of hydrogen-bond donors (Lipinski definition) is 3. The van der Waals surface area contributed by atoms with Crippen LogP contribution in [0.15, 0.2) is 18.3 Å². The Hall–Kier alpha value is -3.43. The number of methoxy groups -OCH3 is 1. The number of amides is 4. The van der Waals surface area contributed by atoms with E-state index >= 15 is 0 Å². The highest BCUT2D eigenvalue weighted by Gasteiger charge is 2.31. The highest BCUT2D eigenvalue weighted by molar-refractivity contribution is 6.04. The predicted molar refractivity (Wildman–Crippen MR) is 97.2 cm³/mol. The van der Waals surface area contributed by atoms with E-state index in [1.54, 1.807) is 24.3 Å². The first kappa shape index (κ1) is 18.0. The molecule has 1 saturated heterocycles. The fraction of sp³-hybridized carbons (Fsp3) is 0.389. The van der Waals surface area contributed by atoms with Crippen molar-refractivity contribution in [3.63, 3.8) is 0 Å². The molecule has 0 bridgehead atoms. The van der Waals surface area contributed by atoms with Gasteiger partial charge in [0, 0.05) is 37.2 Å². The molecular weight excluding hydrogens is 364 g/mol. The van der Waals surface area contributed by atoms with E-state index in [2.05, 4.69) is 25.6 Å². The standard InChI is InChI=1S/C18H20N6O4/c1-28-14-4-2-10(8-19-14)16-20-11-6-7-24(9-13(11)21-16)15(25)5-3-12-17(26)23-18(27)22-12/h2,4,8,12H,3,5-7,9H2,1H3,(H,20,21)(H2,22,23,26,27)/t12-/m0/s1. The van der Waals surface area contributed by atoms with Crippen molar-refractivity contribution in [2.45, 2.75) is 31.8 Å². The van der Waals surface area contributed by atoms with Crippen LogP contribution < -0.4 is 15.4 Å². The number of aromatic nitrogens is 3. The summed E-state index contributed by atoms with van der Waals surface area (Å²) in [5.41, 5.74) is 2.69. The van der Waals surface area contributed by atoms with E-state index in [9.17, 15) is 14.4 Å². The summed E-state index contributed by atoms with van der Waals surface area (Å²) in [6, 6.07) is 2.49. The van der Waals surface area contributed by atoms with Gasteiger partial charge in [0.05, 0.1) is 25.0 Å². The van der Waals surface area contributed by atoms with Gasteiger partial charge in [-0.2, -0.15) is 0 Å². The maximum Gasteiger partial charge on any atom is 0.322 e. The van der Waals surface area contributed by atoms with Gasteiger partial charge in [-0.3, -0.25) is 14.9 Å². The van der Waals surface area contributed by atoms with Gasteiger partial charge < -0.3 is 19.9 Å². The normalized spacial score (nSPS) is 18.5. The number of urea groups is 1. The number of carbonyl (C=O) groups is 3. The van der Waals surface area contributed by atoms with Crippen LogP contribution in [-0.2, 0) is 22.6 Å². The summed E-state index contributed by atoms with van der Waals surface area (Å²) < 4.78 is 5.07. The van der Waals surface area contributed by atoms with Crippen molar-refractivity contribution in [1.29, 1.82) is 0 Å². The molecule has 2 aromatic heterocycles. The third kappa shape index (κ3) is 3.53. The van der Waals surface area contributed by atoms with Crippen molar-refractivity contribution < 1.29 is 19.1 Å². The minimum Gasteiger partial charge on any atom is -0.481 e. The van der Waals surface area contributed by atoms with Gasteiger partial charge in [0.25, 0.3) is 5.91 Å². The minimum atomic E-state index is -0.641. The molecular formula is C18H20N6O4. The van der Waals surface area contributed by atoms with Crippen LogP contribution in [0.1, 0.15) is 24.2 Å². The van der Waals surface area contributed by atoms with Crippen LogP contribution >= 0.6 is 0 Å². The Labute approximate surface area is 160 Å². The van der Waals surface area contributed by atoms with Crippen molar-refractivity contribution in [3.8, 4) is 17.3 Å². The summed E-state index contributed by atoms with van der Waals surface area (Å²) in [6.07, 6.45) is 2.82. The number of ether oxygens (including phenoxy) is 1. The molecule has 2 aromatic rings. The highest BCUT2D eigenvalue weighted by atomic mass is 16.5. The lowest BCUT2D eigenvalue weighted by Gasteiger charge is -2.26. The molecule has 0 aliphatic carbocycles. The number of H-pyrrole nitrogens is 1. The molecule has 2 aliphatic heterocycles.